The van der Waals surface area contributed by atoms with Crippen molar-refractivity contribution < 1.29 is 14.3 Å². The van der Waals surface area contributed by atoms with Gasteiger partial charge in [-0.05, 0) is 0 Å². The van der Waals surface area contributed by atoms with E-state index >= 15 is 0 Å². The lowest BCUT2D eigenvalue weighted by atomic mass is 10.4. The lowest BCUT2D eigenvalue weighted by Gasteiger charge is -2.00. The zero-order valence-corrected chi connectivity index (χ0v) is 7.81. The first kappa shape index (κ1) is 10.4. The van der Waals surface area contributed by atoms with Gasteiger partial charge in [0.2, 0.25) is 5.91 Å². The summed E-state index contributed by atoms with van der Waals surface area (Å²) in [6, 6.07) is 0. The summed E-state index contributed by atoms with van der Waals surface area (Å²) < 4.78 is 4.31. The Kier molecular flexibility index (Phi) is 5.83. The van der Waals surface area contributed by atoms with Crippen molar-refractivity contribution in [2.75, 3.05) is 19.0 Å². The second-order valence-electron chi connectivity index (χ2n) is 1.79. The zero-order valence-electron chi connectivity index (χ0n) is 6.22. The van der Waals surface area contributed by atoms with Crippen molar-refractivity contribution >= 4 is 27.8 Å². The summed E-state index contributed by atoms with van der Waals surface area (Å²) in [5.41, 5.74) is 0. The van der Waals surface area contributed by atoms with E-state index in [9.17, 15) is 9.59 Å². The van der Waals surface area contributed by atoms with E-state index in [1.54, 1.807) is 0 Å². The van der Waals surface area contributed by atoms with Crippen molar-refractivity contribution in [3.8, 4) is 0 Å². The fraction of sp³-hybridized carbons (Fsp3) is 0.667. The van der Waals surface area contributed by atoms with E-state index in [2.05, 4.69) is 26.0 Å². The SMILES string of the molecule is COC(=O)CNC(=O)CCBr. The van der Waals surface area contributed by atoms with Gasteiger partial charge in [-0.2, -0.15) is 0 Å². The molecule has 0 aliphatic heterocycles. The number of methoxy groups -OCH3 is 1. The predicted molar refractivity (Wildman–Crippen MR) is 43.4 cm³/mol. The van der Waals surface area contributed by atoms with Crippen LogP contribution in [0.2, 0.25) is 0 Å². The summed E-state index contributed by atoms with van der Waals surface area (Å²) in [7, 11) is 1.28. The molecule has 0 radical (unpaired) electrons. The molecule has 0 spiro atoms. The van der Waals surface area contributed by atoms with Gasteiger partial charge < -0.3 is 10.1 Å². The highest BCUT2D eigenvalue weighted by Crippen LogP contribution is 1.86. The second kappa shape index (κ2) is 6.15. The van der Waals surface area contributed by atoms with Crippen molar-refractivity contribution in [1.82, 2.24) is 5.32 Å². The number of esters is 1. The number of carbonyl (C=O) groups excluding carboxylic acids is 2. The average Bonchev–Trinajstić information content (AvgIpc) is 2.01. The summed E-state index contributed by atoms with van der Waals surface area (Å²) in [5, 5.41) is 2.99. The van der Waals surface area contributed by atoms with Crippen LogP contribution in [0.3, 0.4) is 0 Å². The van der Waals surface area contributed by atoms with Crippen LogP contribution in [0.15, 0.2) is 0 Å². The van der Waals surface area contributed by atoms with Crippen LogP contribution in [-0.2, 0) is 14.3 Å². The highest BCUT2D eigenvalue weighted by molar-refractivity contribution is 9.09. The van der Waals surface area contributed by atoms with Crippen molar-refractivity contribution in [3.63, 3.8) is 0 Å². The molecule has 0 bridgehead atoms. The quantitative estimate of drug-likeness (QED) is 0.542. The highest BCUT2D eigenvalue weighted by atomic mass is 79.9. The van der Waals surface area contributed by atoms with Crippen molar-refractivity contribution in [2.45, 2.75) is 6.42 Å². The smallest absolute Gasteiger partial charge is 0.325 e. The van der Waals surface area contributed by atoms with Crippen LogP contribution < -0.4 is 5.32 Å². The molecule has 1 N–H and O–H groups in total. The minimum absolute atomic E-state index is 0.0532. The number of halogens is 1. The Morgan fingerprint density at radius 2 is 2.18 bits per heavy atom. The fourth-order valence-corrected chi connectivity index (χ4v) is 0.777. The zero-order chi connectivity index (χ0) is 8.69. The van der Waals surface area contributed by atoms with E-state index in [1.807, 2.05) is 0 Å². The van der Waals surface area contributed by atoms with Gasteiger partial charge in [0.1, 0.15) is 6.54 Å². The Hall–Kier alpha value is -0.580. The van der Waals surface area contributed by atoms with E-state index in [1.165, 1.54) is 7.11 Å². The topological polar surface area (TPSA) is 55.4 Å². The third-order valence-electron chi connectivity index (χ3n) is 0.979. The molecule has 11 heavy (non-hydrogen) atoms. The third-order valence-corrected chi connectivity index (χ3v) is 1.38. The minimum atomic E-state index is -0.437. The molecule has 0 unspecified atom stereocenters. The van der Waals surface area contributed by atoms with Crippen molar-refractivity contribution in [3.05, 3.63) is 0 Å². The molecule has 64 valence electrons. The molecule has 0 aromatic heterocycles. The lowest BCUT2D eigenvalue weighted by Crippen LogP contribution is -2.30. The van der Waals surface area contributed by atoms with E-state index in [-0.39, 0.29) is 12.5 Å². The van der Waals surface area contributed by atoms with Crippen molar-refractivity contribution in [1.29, 1.82) is 0 Å². The van der Waals surface area contributed by atoms with Crippen molar-refractivity contribution in [2.24, 2.45) is 0 Å². The molecule has 0 aromatic carbocycles. The first-order valence-corrected chi connectivity index (χ1v) is 4.22. The van der Waals surface area contributed by atoms with Crippen LogP contribution >= 0.6 is 15.9 Å². The maximum absolute atomic E-state index is 10.7. The van der Waals surface area contributed by atoms with Crippen LogP contribution in [0.4, 0.5) is 0 Å². The Morgan fingerprint density at radius 1 is 1.55 bits per heavy atom. The summed E-state index contributed by atoms with van der Waals surface area (Å²) >= 11 is 3.10. The number of amides is 1. The van der Waals surface area contributed by atoms with Gasteiger partial charge in [-0.25, -0.2) is 0 Å². The van der Waals surface area contributed by atoms with Crippen LogP contribution in [0, 0.1) is 0 Å². The maximum Gasteiger partial charge on any atom is 0.325 e. The molecule has 0 rings (SSSR count). The Bertz CT molecular complexity index is 149. The van der Waals surface area contributed by atoms with Gasteiger partial charge in [-0.15, -0.1) is 0 Å². The third kappa shape index (κ3) is 5.84. The molecule has 1 amide bonds. The van der Waals surface area contributed by atoms with E-state index in [0.717, 1.165) is 0 Å². The standard InChI is InChI=1S/C6H10BrNO3/c1-11-6(10)4-8-5(9)2-3-7/h2-4H2,1H3,(H,8,9). The average molecular weight is 224 g/mol. The second-order valence-corrected chi connectivity index (χ2v) is 2.58. The number of rotatable bonds is 4. The molecule has 0 atom stereocenters. The van der Waals surface area contributed by atoms with Crippen LogP contribution in [0.5, 0.6) is 0 Å². The van der Waals surface area contributed by atoms with E-state index in [4.69, 9.17) is 0 Å². The number of nitrogens with one attached hydrogen (secondary N) is 1. The molecule has 5 heteroatoms. The van der Waals surface area contributed by atoms with Gasteiger partial charge >= 0.3 is 5.97 Å². The van der Waals surface area contributed by atoms with Gasteiger partial charge in [0, 0.05) is 11.8 Å². The molecule has 0 aromatic rings. The molecule has 0 saturated carbocycles. The predicted octanol–water partition coefficient (Wildman–Crippen LogP) is 0.0606. The fourth-order valence-electron chi connectivity index (χ4n) is 0.417. The van der Waals surface area contributed by atoms with Crippen LogP contribution in [0.1, 0.15) is 6.42 Å². The summed E-state index contributed by atoms with van der Waals surface area (Å²) in [5.74, 6) is -0.597. The van der Waals surface area contributed by atoms with Crippen LogP contribution in [-0.4, -0.2) is 30.9 Å². The van der Waals surface area contributed by atoms with E-state index in [0.29, 0.717) is 11.8 Å². The van der Waals surface area contributed by atoms with Gasteiger partial charge in [0.25, 0.3) is 0 Å². The monoisotopic (exact) mass is 223 g/mol. The number of hydrogen-bond acceptors (Lipinski definition) is 3. The summed E-state index contributed by atoms with van der Waals surface area (Å²) in [6.07, 6.45) is 0.372. The molecule has 0 aliphatic carbocycles. The largest absolute Gasteiger partial charge is 0.468 e. The number of ether oxygens (including phenoxy) is 1. The molecule has 4 nitrogen and oxygen atoms in total. The molecule has 0 saturated heterocycles. The summed E-state index contributed by atoms with van der Waals surface area (Å²) in [6.45, 7) is -0.0532. The maximum atomic E-state index is 10.7. The summed E-state index contributed by atoms with van der Waals surface area (Å²) in [4.78, 5) is 21.2. The molecular formula is C6H10BrNO3. The normalized spacial score (nSPS) is 8.91. The van der Waals surface area contributed by atoms with Gasteiger partial charge in [0.15, 0.2) is 0 Å². The number of hydrogen-bond donors (Lipinski definition) is 1. The molecular weight excluding hydrogens is 214 g/mol. The Morgan fingerprint density at radius 3 is 2.64 bits per heavy atom. The van der Waals surface area contributed by atoms with Gasteiger partial charge in [0.05, 0.1) is 7.11 Å². The Balaban J connectivity index is 3.38. The molecule has 0 aliphatic rings. The minimum Gasteiger partial charge on any atom is -0.468 e. The lowest BCUT2D eigenvalue weighted by molar-refractivity contribution is -0.141. The number of alkyl halides is 1. The highest BCUT2D eigenvalue weighted by Gasteiger charge is 2.02. The Labute approximate surface area is 73.4 Å². The van der Waals surface area contributed by atoms with Gasteiger partial charge in [-0.3, -0.25) is 9.59 Å². The molecule has 0 fully saturated rings. The number of carbonyl (C=O) groups is 2. The first-order valence-electron chi connectivity index (χ1n) is 3.10. The molecule has 0 heterocycles. The van der Waals surface area contributed by atoms with Crippen LogP contribution in [0.25, 0.3) is 0 Å². The van der Waals surface area contributed by atoms with Gasteiger partial charge in [-0.1, -0.05) is 15.9 Å². The first-order chi connectivity index (χ1) is 5.20. The van der Waals surface area contributed by atoms with E-state index < -0.39 is 5.97 Å².